The molecule has 0 bridgehead atoms. The largest absolute Gasteiger partial charge is 0.392 e. The van der Waals surface area contributed by atoms with E-state index in [-0.39, 0.29) is 12.5 Å². The molecule has 2 heterocycles. The maximum absolute atomic E-state index is 12.7. The maximum atomic E-state index is 12.7. The SMILES string of the molecule is O=C1NCc2c1c1c(c3[nH]c4ccc(CO)cc4c23)Cc2ccccc2-1. The van der Waals surface area contributed by atoms with Crippen molar-refractivity contribution in [3.05, 3.63) is 70.3 Å². The number of fused-ring (bicyclic) bond motifs is 10. The van der Waals surface area contributed by atoms with Gasteiger partial charge in [-0.2, -0.15) is 0 Å². The molecule has 4 nitrogen and oxygen atoms in total. The summed E-state index contributed by atoms with van der Waals surface area (Å²) in [5.41, 5.74) is 9.69. The fourth-order valence-corrected chi connectivity index (χ4v) is 4.70. The van der Waals surface area contributed by atoms with E-state index in [1.807, 2.05) is 24.3 Å². The molecule has 1 amide bonds. The van der Waals surface area contributed by atoms with Crippen molar-refractivity contribution >= 4 is 27.7 Å². The molecule has 2 aliphatic rings. The van der Waals surface area contributed by atoms with Gasteiger partial charge in [0.2, 0.25) is 0 Å². The van der Waals surface area contributed by atoms with E-state index in [4.69, 9.17) is 0 Å². The highest BCUT2D eigenvalue weighted by molar-refractivity contribution is 6.19. The Morgan fingerprint density at radius 3 is 2.81 bits per heavy atom. The lowest BCUT2D eigenvalue weighted by molar-refractivity contribution is 0.0966. The fourth-order valence-electron chi connectivity index (χ4n) is 4.70. The Morgan fingerprint density at radius 1 is 1.04 bits per heavy atom. The van der Waals surface area contributed by atoms with Crippen molar-refractivity contribution in [3.63, 3.8) is 0 Å². The number of H-pyrrole nitrogens is 1. The van der Waals surface area contributed by atoms with Gasteiger partial charge in [0.25, 0.3) is 5.91 Å². The van der Waals surface area contributed by atoms with Gasteiger partial charge in [-0.05, 0) is 39.9 Å². The molecular weight excluding hydrogens is 324 g/mol. The van der Waals surface area contributed by atoms with Crippen LogP contribution in [0.1, 0.15) is 32.6 Å². The molecule has 4 aromatic rings. The normalized spacial score (nSPS) is 14.6. The highest BCUT2D eigenvalue weighted by Crippen LogP contribution is 2.47. The van der Waals surface area contributed by atoms with Crippen LogP contribution in [-0.2, 0) is 19.6 Å². The van der Waals surface area contributed by atoms with E-state index in [9.17, 15) is 9.90 Å². The van der Waals surface area contributed by atoms with E-state index in [0.717, 1.165) is 50.5 Å². The van der Waals surface area contributed by atoms with Gasteiger partial charge in [-0.15, -0.1) is 0 Å². The summed E-state index contributed by atoms with van der Waals surface area (Å²) in [6, 6.07) is 14.4. The number of hydrogen-bond acceptors (Lipinski definition) is 2. The third kappa shape index (κ3) is 1.60. The Bertz CT molecular complexity index is 1270. The minimum atomic E-state index is 0.0123. The number of aliphatic hydroxyl groups excluding tert-OH is 1. The first-order chi connectivity index (χ1) is 12.8. The molecular formula is C22H16N2O2. The van der Waals surface area contributed by atoms with Crippen molar-refractivity contribution in [2.24, 2.45) is 0 Å². The second-order valence-electron chi connectivity index (χ2n) is 7.14. The van der Waals surface area contributed by atoms with Crippen molar-refractivity contribution in [2.45, 2.75) is 19.6 Å². The predicted molar refractivity (Wildman–Crippen MR) is 101 cm³/mol. The molecule has 3 aromatic carbocycles. The number of carbonyl (C=O) groups is 1. The monoisotopic (exact) mass is 340 g/mol. The number of aromatic amines is 1. The predicted octanol–water partition coefficient (Wildman–Crippen LogP) is 3.63. The summed E-state index contributed by atoms with van der Waals surface area (Å²) in [6.45, 7) is 0.564. The lowest BCUT2D eigenvalue weighted by atomic mass is 9.92. The number of benzene rings is 3. The molecule has 0 atom stereocenters. The van der Waals surface area contributed by atoms with Crippen molar-refractivity contribution in [1.29, 1.82) is 0 Å². The molecule has 4 heteroatoms. The van der Waals surface area contributed by atoms with Crippen LogP contribution < -0.4 is 5.32 Å². The van der Waals surface area contributed by atoms with Gasteiger partial charge in [0.15, 0.2) is 0 Å². The molecule has 1 aliphatic heterocycles. The zero-order valence-corrected chi connectivity index (χ0v) is 14.0. The van der Waals surface area contributed by atoms with Gasteiger partial charge in [-0.1, -0.05) is 30.3 Å². The number of rotatable bonds is 1. The van der Waals surface area contributed by atoms with Crippen molar-refractivity contribution in [1.82, 2.24) is 10.3 Å². The lowest BCUT2D eigenvalue weighted by Gasteiger charge is -2.09. The average molecular weight is 340 g/mol. The van der Waals surface area contributed by atoms with Crippen LogP contribution >= 0.6 is 0 Å². The van der Waals surface area contributed by atoms with Crippen LogP contribution in [0.2, 0.25) is 0 Å². The third-order valence-corrected chi connectivity index (χ3v) is 5.81. The second kappa shape index (κ2) is 4.74. The first-order valence-electron chi connectivity index (χ1n) is 8.85. The lowest BCUT2D eigenvalue weighted by Crippen LogP contribution is -2.13. The van der Waals surface area contributed by atoms with Gasteiger partial charge in [0.1, 0.15) is 0 Å². The first kappa shape index (κ1) is 14.1. The zero-order valence-electron chi connectivity index (χ0n) is 14.0. The quantitative estimate of drug-likeness (QED) is 0.436. The third-order valence-electron chi connectivity index (χ3n) is 5.81. The molecule has 0 radical (unpaired) electrons. The topological polar surface area (TPSA) is 65.1 Å². The van der Waals surface area contributed by atoms with Crippen molar-refractivity contribution in [2.75, 3.05) is 0 Å². The van der Waals surface area contributed by atoms with Gasteiger partial charge >= 0.3 is 0 Å². The molecule has 0 saturated heterocycles. The van der Waals surface area contributed by atoms with Gasteiger partial charge in [-0.25, -0.2) is 0 Å². The highest BCUT2D eigenvalue weighted by Gasteiger charge is 2.34. The van der Waals surface area contributed by atoms with E-state index in [2.05, 4.69) is 28.5 Å². The number of aromatic nitrogens is 1. The first-order valence-corrected chi connectivity index (χ1v) is 8.85. The van der Waals surface area contributed by atoms with Crippen LogP contribution in [0.4, 0.5) is 0 Å². The van der Waals surface area contributed by atoms with Crippen molar-refractivity contribution < 1.29 is 9.90 Å². The van der Waals surface area contributed by atoms with E-state index in [1.165, 1.54) is 16.7 Å². The van der Waals surface area contributed by atoms with Crippen LogP contribution in [0.15, 0.2) is 42.5 Å². The molecule has 0 fully saturated rings. The summed E-state index contributed by atoms with van der Waals surface area (Å²) < 4.78 is 0. The average Bonchev–Trinajstić information content (AvgIpc) is 3.33. The van der Waals surface area contributed by atoms with Gasteiger partial charge < -0.3 is 15.4 Å². The smallest absolute Gasteiger partial charge is 0.252 e. The van der Waals surface area contributed by atoms with Crippen LogP contribution in [0.5, 0.6) is 0 Å². The molecule has 26 heavy (non-hydrogen) atoms. The fraction of sp³-hybridized carbons (Fsp3) is 0.136. The van der Waals surface area contributed by atoms with Gasteiger partial charge in [0, 0.05) is 34.8 Å². The van der Waals surface area contributed by atoms with Gasteiger partial charge in [0.05, 0.1) is 17.7 Å². The van der Waals surface area contributed by atoms with E-state index >= 15 is 0 Å². The summed E-state index contributed by atoms with van der Waals surface area (Å²) in [7, 11) is 0. The summed E-state index contributed by atoms with van der Waals surface area (Å²) in [5, 5.41) is 14.8. The molecule has 6 rings (SSSR count). The van der Waals surface area contributed by atoms with Crippen molar-refractivity contribution in [3.8, 4) is 11.1 Å². The molecule has 0 saturated carbocycles. The molecule has 1 aromatic heterocycles. The molecule has 3 N–H and O–H groups in total. The Morgan fingerprint density at radius 2 is 1.92 bits per heavy atom. The molecule has 126 valence electrons. The number of nitrogens with one attached hydrogen (secondary N) is 2. The molecule has 0 spiro atoms. The summed E-state index contributed by atoms with van der Waals surface area (Å²) in [5.74, 6) is 0.0162. The Labute approximate surface area is 149 Å². The molecule has 0 unspecified atom stereocenters. The summed E-state index contributed by atoms with van der Waals surface area (Å²) in [4.78, 5) is 16.3. The van der Waals surface area contributed by atoms with E-state index < -0.39 is 0 Å². The standard InChI is InChI=1S/C22H16N2O2/c25-10-11-5-6-17-14(7-11)19-16-9-23-22(26)20(16)18-13-4-2-1-3-12(13)8-15(18)21(19)24-17/h1-7,24-25H,8-10H2,(H,23,26). The Kier molecular flexibility index (Phi) is 2.57. The van der Waals surface area contributed by atoms with E-state index in [1.54, 1.807) is 0 Å². The van der Waals surface area contributed by atoms with Crippen LogP contribution in [0.3, 0.4) is 0 Å². The minimum absolute atomic E-state index is 0.0123. The summed E-state index contributed by atoms with van der Waals surface area (Å²) in [6.07, 6.45) is 0.836. The minimum Gasteiger partial charge on any atom is -0.392 e. The second-order valence-corrected chi connectivity index (χ2v) is 7.14. The highest BCUT2D eigenvalue weighted by atomic mass is 16.3. The number of amides is 1. The number of hydrogen-bond donors (Lipinski definition) is 3. The van der Waals surface area contributed by atoms with Crippen LogP contribution in [0, 0.1) is 0 Å². The number of aliphatic hydroxyl groups is 1. The Hall–Kier alpha value is -3.11. The van der Waals surface area contributed by atoms with Gasteiger partial charge in [-0.3, -0.25) is 4.79 Å². The zero-order chi connectivity index (χ0) is 17.4. The maximum Gasteiger partial charge on any atom is 0.252 e. The van der Waals surface area contributed by atoms with E-state index in [0.29, 0.717) is 6.54 Å². The molecule has 1 aliphatic carbocycles. The van der Waals surface area contributed by atoms with Crippen LogP contribution in [0.25, 0.3) is 32.9 Å². The number of carbonyl (C=O) groups excluding carboxylic acids is 1. The Balaban J connectivity index is 1.83. The van der Waals surface area contributed by atoms with Crippen LogP contribution in [-0.4, -0.2) is 16.0 Å². The summed E-state index contributed by atoms with van der Waals surface area (Å²) >= 11 is 0.